The minimum atomic E-state index is 0.0346. The highest BCUT2D eigenvalue weighted by Crippen LogP contribution is 2.42. The molecule has 6 heteroatoms. The van der Waals surface area contributed by atoms with Crippen molar-refractivity contribution in [3.63, 3.8) is 0 Å². The molecule has 0 saturated carbocycles. The molecule has 2 aliphatic rings. The minimum absolute atomic E-state index is 0.0346. The summed E-state index contributed by atoms with van der Waals surface area (Å²) in [5.41, 5.74) is 1.86. The number of rotatable bonds is 3. The molecule has 6 nitrogen and oxygen atoms in total. The van der Waals surface area contributed by atoms with Crippen molar-refractivity contribution in [3.8, 4) is 0 Å². The Labute approximate surface area is 147 Å². The van der Waals surface area contributed by atoms with Crippen molar-refractivity contribution in [1.82, 2.24) is 19.9 Å². The maximum atomic E-state index is 12.5. The largest absolute Gasteiger partial charge is 0.377 e. The van der Waals surface area contributed by atoms with Gasteiger partial charge in [0.05, 0.1) is 12.7 Å². The number of piperidine rings is 1. The van der Waals surface area contributed by atoms with Crippen LogP contribution in [-0.2, 0) is 11.2 Å². The molecule has 2 aromatic heterocycles. The van der Waals surface area contributed by atoms with E-state index in [0.29, 0.717) is 5.69 Å². The lowest BCUT2D eigenvalue weighted by Crippen LogP contribution is -2.43. The van der Waals surface area contributed by atoms with E-state index in [0.717, 1.165) is 50.9 Å². The molecule has 0 aliphatic carbocycles. The molecule has 0 radical (unpaired) electrons. The second-order valence-corrected chi connectivity index (χ2v) is 7.10. The summed E-state index contributed by atoms with van der Waals surface area (Å²) in [5.74, 6) is 0.0346. The summed E-state index contributed by atoms with van der Waals surface area (Å²) in [6.07, 6.45) is 11.1. The normalized spacial score (nSPS) is 22.2. The lowest BCUT2D eigenvalue weighted by atomic mass is 9.76. The standard InChI is InChI=1S/C19H22N4O2/c24-18(17-3-1-2-6-22-17)23-7-4-19(5-8-23)10-16(25-13-19)9-15-11-20-14-21-12-15/h1-3,6,11-12,14,16H,4-5,7-10,13H2. The summed E-state index contributed by atoms with van der Waals surface area (Å²) in [5, 5.41) is 0. The van der Waals surface area contributed by atoms with Gasteiger partial charge in [0.25, 0.3) is 5.91 Å². The van der Waals surface area contributed by atoms with Gasteiger partial charge in [-0.15, -0.1) is 0 Å². The molecule has 0 bridgehead atoms. The average Bonchev–Trinajstić information content (AvgIpc) is 3.05. The maximum absolute atomic E-state index is 12.5. The van der Waals surface area contributed by atoms with E-state index in [1.165, 1.54) is 0 Å². The van der Waals surface area contributed by atoms with E-state index in [-0.39, 0.29) is 17.4 Å². The second-order valence-electron chi connectivity index (χ2n) is 7.10. The Bertz CT molecular complexity index is 715. The van der Waals surface area contributed by atoms with Crippen LogP contribution in [0.1, 0.15) is 35.3 Å². The Balaban J connectivity index is 1.33. The third kappa shape index (κ3) is 3.54. The summed E-state index contributed by atoms with van der Waals surface area (Å²) < 4.78 is 6.06. The van der Waals surface area contributed by atoms with Crippen LogP contribution in [0.2, 0.25) is 0 Å². The number of amides is 1. The predicted octanol–water partition coefficient (Wildman–Crippen LogP) is 2.13. The zero-order valence-corrected chi connectivity index (χ0v) is 14.2. The number of nitrogens with zero attached hydrogens (tertiary/aromatic N) is 4. The number of pyridine rings is 1. The molecule has 1 spiro atoms. The van der Waals surface area contributed by atoms with Crippen molar-refractivity contribution in [2.24, 2.45) is 5.41 Å². The van der Waals surface area contributed by atoms with E-state index in [4.69, 9.17) is 4.74 Å². The average molecular weight is 338 g/mol. The van der Waals surface area contributed by atoms with E-state index >= 15 is 0 Å². The molecule has 2 aromatic rings. The van der Waals surface area contributed by atoms with Gasteiger partial charge in [-0.1, -0.05) is 6.07 Å². The molecule has 0 aromatic carbocycles. The Hall–Kier alpha value is -2.34. The van der Waals surface area contributed by atoms with E-state index in [2.05, 4.69) is 15.0 Å². The Morgan fingerprint density at radius 2 is 2.04 bits per heavy atom. The van der Waals surface area contributed by atoms with Crippen molar-refractivity contribution < 1.29 is 9.53 Å². The lowest BCUT2D eigenvalue weighted by Gasteiger charge is -2.38. The number of carbonyl (C=O) groups excluding carboxylic acids is 1. The number of ether oxygens (including phenoxy) is 1. The molecule has 1 atom stereocenters. The van der Waals surface area contributed by atoms with E-state index in [1.807, 2.05) is 29.4 Å². The number of hydrogen-bond donors (Lipinski definition) is 0. The molecule has 4 rings (SSSR count). The third-order valence-corrected chi connectivity index (χ3v) is 5.36. The Kier molecular flexibility index (Phi) is 4.44. The van der Waals surface area contributed by atoms with Gasteiger partial charge in [-0.05, 0) is 42.4 Å². The van der Waals surface area contributed by atoms with Crippen molar-refractivity contribution in [2.45, 2.75) is 31.8 Å². The lowest BCUT2D eigenvalue weighted by molar-refractivity contribution is 0.0492. The summed E-state index contributed by atoms with van der Waals surface area (Å²) in [6, 6.07) is 5.47. The Morgan fingerprint density at radius 3 is 2.76 bits per heavy atom. The van der Waals surface area contributed by atoms with Crippen molar-refractivity contribution in [2.75, 3.05) is 19.7 Å². The van der Waals surface area contributed by atoms with Gasteiger partial charge in [0.1, 0.15) is 12.0 Å². The highest BCUT2D eigenvalue weighted by atomic mass is 16.5. The summed E-state index contributed by atoms with van der Waals surface area (Å²) >= 11 is 0. The first-order chi connectivity index (χ1) is 12.2. The third-order valence-electron chi connectivity index (χ3n) is 5.36. The van der Waals surface area contributed by atoms with Crippen LogP contribution in [0.25, 0.3) is 0 Å². The SMILES string of the molecule is O=C(c1ccccn1)N1CCC2(CC1)COC(Cc1cncnc1)C2. The second kappa shape index (κ2) is 6.88. The van der Waals surface area contributed by atoms with Crippen LogP contribution in [0.5, 0.6) is 0 Å². The quantitative estimate of drug-likeness (QED) is 0.857. The van der Waals surface area contributed by atoms with Crippen molar-refractivity contribution in [1.29, 1.82) is 0 Å². The highest BCUT2D eigenvalue weighted by molar-refractivity contribution is 5.92. The van der Waals surface area contributed by atoms with Crippen LogP contribution in [-0.4, -0.2) is 51.6 Å². The monoisotopic (exact) mass is 338 g/mol. The van der Waals surface area contributed by atoms with E-state index in [9.17, 15) is 4.79 Å². The van der Waals surface area contributed by atoms with Crippen molar-refractivity contribution in [3.05, 3.63) is 54.4 Å². The Morgan fingerprint density at radius 1 is 1.24 bits per heavy atom. The van der Waals surface area contributed by atoms with Crippen LogP contribution in [0.3, 0.4) is 0 Å². The van der Waals surface area contributed by atoms with Gasteiger partial charge in [0, 0.05) is 38.1 Å². The molecule has 2 aliphatic heterocycles. The zero-order valence-electron chi connectivity index (χ0n) is 14.2. The molecule has 2 saturated heterocycles. The molecule has 0 N–H and O–H groups in total. The predicted molar refractivity (Wildman–Crippen MR) is 91.9 cm³/mol. The van der Waals surface area contributed by atoms with Gasteiger partial charge >= 0.3 is 0 Å². The van der Waals surface area contributed by atoms with Crippen LogP contribution < -0.4 is 0 Å². The van der Waals surface area contributed by atoms with Crippen molar-refractivity contribution >= 4 is 5.91 Å². The van der Waals surface area contributed by atoms with Gasteiger partial charge < -0.3 is 9.64 Å². The number of carbonyl (C=O) groups is 1. The number of aromatic nitrogens is 3. The molecule has 4 heterocycles. The van der Waals surface area contributed by atoms with E-state index < -0.39 is 0 Å². The molecular formula is C19H22N4O2. The number of hydrogen-bond acceptors (Lipinski definition) is 5. The maximum Gasteiger partial charge on any atom is 0.272 e. The number of likely N-dealkylation sites (tertiary alicyclic amines) is 1. The first-order valence-corrected chi connectivity index (χ1v) is 8.80. The van der Waals surface area contributed by atoms with Crippen LogP contribution in [0, 0.1) is 5.41 Å². The topological polar surface area (TPSA) is 68.2 Å². The van der Waals surface area contributed by atoms with Gasteiger partial charge in [-0.3, -0.25) is 9.78 Å². The molecular weight excluding hydrogens is 316 g/mol. The summed E-state index contributed by atoms with van der Waals surface area (Å²) in [7, 11) is 0. The van der Waals surface area contributed by atoms with Crippen LogP contribution >= 0.6 is 0 Å². The molecule has 130 valence electrons. The van der Waals surface area contributed by atoms with E-state index in [1.54, 1.807) is 18.6 Å². The minimum Gasteiger partial charge on any atom is -0.377 e. The fourth-order valence-electron chi connectivity index (χ4n) is 3.91. The van der Waals surface area contributed by atoms with Crippen LogP contribution in [0.15, 0.2) is 43.1 Å². The first-order valence-electron chi connectivity index (χ1n) is 8.80. The smallest absolute Gasteiger partial charge is 0.272 e. The van der Waals surface area contributed by atoms with Gasteiger partial charge in [-0.2, -0.15) is 0 Å². The highest BCUT2D eigenvalue weighted by Gasteiger charge is 2.43. The van der Waals surface area contributed by atoms with Gasteiger partial charge in [0.2, 0.25) is 0 Å². The fourth-order valence-corrected chi connectivity index (χ4v) is 3.91. The fraction of sp³-hybridized carbons (Fsp3) is 0.474. The molecule has 1 unspecified atom stereocenters. The summed E-state index contributed by atoms with van der Waals surface area (Å²) in [6.45, 7) is 2.34. The molecule has 2 fully saturated rings. The van der Waals surface area contributed by atoms with Gasteiger partial charge in [-0.25, -0.2) is 9.97 Å². The van der Waals surface area contributed by atoms with Gasteiger partial charge in [0.15, 0.2) is 0 Å². The first kappa shape index (κ1) is 16.1. The molecule has 25 heavy (non-hydrogen) atoms. The summed E-state index contributed by atoms with van der Waals surface area (Å²) in [4.78, 5) is 26.8. The molecule has 1 amide bonds. The zero-order chi connectivity index (χ0) is 17.1. The van der Waals surface area contributed by atoms with Crippen LogP contribution in [0.4, 0.5) is 0 Å².